The first-order chi connectivity index (χ1) is 10.9. The van der Waals surface area contributed by atoms with E-state index < -0.39 is 48.2 Å². The first kappa shape index (κ1) is 19.8. The number of nitrogens with one attached hydrogen (secondary N) is 1. The van der Waals surface area contributed by atoms with Crippen LogP contribution in [0.15, 0.2) is 6.20 Å². The van der Waals surface area contributed by atoms with E-state index in [1.54, 1.807) is 19.2 Å². The van der Waals surface area contributed by atoms with Crippen LogP contribution in [0, 0.1) is 5.92 Å². The largest absolute Gasteiger partial charge is 0.480 e. The van der Waals surface area contributed by atoms with Crippen molar-refractivity contribution in [1.29, 1.82) is 0 Å². The number of carboxylic acids is 1. The maximum atomic E-state index is 13.2. The summed E-state index contributed by atoms with van der Waals surface area (Å²) in [6.07, 6.45) is -8.98. The van der Waals surface area contributed by atoms with Crippen LogP contribution in [0.3, 0.4) is 0 Å². The molecule has 6 nitrogen and oxygen atoms in total. The molecule has 1 rings (SSSR count). The number of halogens is 5. The third kappa shape index (κ3) is 5.46. The minimum absolute atomic E-state index is 0.0673. The van der Waals surface area contributed by atoms with Crippen LogP contribution in [0.5, 0.6) is 0 Å². The van der Waals surface area contributed by atoms with Crippen molar-refractivity contribution in [3.05, 3.63) is 17.5 Å². The van der Waals surface area contributed by atoms with Crippen molar-refractivity contribution in [3.8, 4) is 0 Å². The van der Waals surface area contributed by atoms with Gasteiger partial charge in [0.25, 0.3) is 12.3 Å². The molecule has 0 spiro atoms. The maximum absolute atomic E-state index is 13.2. The highest BCUT2D eigenvalue weighted by molar-refractivity contribution is 5.97. The van der Waals surface area contributed by atoms with Gasteiger partial charge in [0.1, 0.15) is 11.7 Å². The molecule has 0 aliphatic carbocycles. The summed E-state index contributed by atoms with van der Waals surface area (Å²) in [7, 11) is 0. The molecule has 24 heavy (non-hydrogen) atoms. The molecule has 0 aromatic carbocycles. The zero-order valence-electron chi connectivity index (χ0n) is 12.8. The molecule has 0 fully saturated rings. The number of nitrogens with zero attached hydrogens (tertiary/aromatic N) is 2. The highest BCUT2D eigenvalue weighted by atomic mass is 19.4. The number of carboxylic acid groups (broad SMARTS) is 1. The number of rotatable bonds is 7. The molecule has 1 unspecified atom stereocenters. The van der Waals surface area contributed by atoms with E-state index in [1.807, 2.05) is 0 Å². The zero-order chi connectivity index (χ0) is 18.7. The normalized spacial score (nSPS) is 13.4. The summed E-state index contributed by atoms with van der Waals surface area (Å²) in [5.41, 5.74) is -1.42. The van der Waals surface area contributed by atoms with Crippen molar-refractivity contribution in [3.63, 3.8) is 0 Å². The number of hydrogen-bond acceptors (Lipinski definition) is 3. The topological polar surface area (TPSA) is 84.2 Å². The summed E-state index contributed by atoms with van der Waals surface area (Å²) in [6, 6.07) is -2.28. The van der Waals surface area contributed by atoms with Gasteiger partial charge in [0.2, 0.25) is 0 Å². The van der Waals surface area contributed by atoms with Gasteiger partial charge in [0, 0.05) is 6.54 Å². The van der Waals surface area contributed by atoms with E-state index in [1.165, 1.54) is 0 Å². The molecular formula is C13H16F5N3O3. The Morgan fingerprint density at radius 2 is 1.92 bits per heavy atom. The molecular weight excluding hydrogens is 341 g/mol. The third-order valence-corrected chi connectivity index (χ3v) is 2.91. The molecule has 0 aliphatic heterocycles. The fraction of sp³-hybridized carbons (Fsp3) is 0.615. The second-order valence-corrected chi connectivity index (χ2v) is 5.50. The van der Waals surface area contributed by atoms with Crippen molar-refractivity contribution in [2.24, 2.45) is 5.92 Å². The monoisotopic (exact) mass is 357 g/mol. The second kappa shape index (κ2) is 7.58. The van der Waals surface area contributed by atoms with Crippen molar-refractivity contribution in [2.45, 2.75) is 45.5 Å². The van der Waals surface area contributed by atoms with Crippen molar-refractivity contribution in [1.82, 2.24) is 15.1 Å². The molecule has 0 bridgehead atoms. The van der Waals surface area contributed by atoms with Gasteiger partial charge >= 0.3 is 12.1 Å². The number of carbonyl (C=O) groups is 2. The van der Waals surface area contributed by atoms with E-state index in [4.69, 9.17) is 5.11 Å². The Morgan fingerprint density at radius 3 is 2.33 bits per heavy atom. The molecule has 0 saturated carbocycles. The van der Waals surface area contributed by atoms with Crippen LogP contribution in [0.2, 0.25) is 0 Å². The quantitative estimate of drug-likeness (QED) is 0.735. The molecule has 2 N–H and O–H groups in total. The molecule has 1 aromatic heterocycles. The SMILES string of the molecule is CC(C)Cn1ncc(C(=O)NC(CC(F)(F)F)C(=O)O)c1C(F)F. The van der Waals surface area contributed by atoms with E-state index in [2.05, 4.69) is 5.10 Å². The van der Waals surface area contributed by atoms with Crippen molar-refractivity contribution in [2.75, 3.05) is 0 Å². The number of amides is 1. The van der Waals surface area contributed by atoms with Crippen LogP contribution in [0.4, 0.5) is 22.0 Å². The number of aliphatic carboxylic acids is 1. The van der Waals surface area contributed by atoms with E-state index in [0.717, 1.165) is 10.9 Å². The highest BCUT2D eigenvalue weighted by Crippen LogP contribution is 2.25. The molecule has 11 heteroatoms. The Hall–Kier alpha value is -2.20. The van der Waals surface area contributed by atoms with Crippen LogP contribution < -0.4 is 5.32 Å². The summed E-state index contributed by atoms with van der Waals surface area (Å²) >= 11 is 0. The summed E-state index contributed by atoms with van der Waals surface area (Å²) in [5, 5.41) is 14.0. The summed E-state index contributed by atoms with van der Waals surface area (Å²) in [4.78, 5) is 22.8. The Morgan fingerprint density at radius 1 is 1.33 bits per heavy atom. The third-order valence-electron chi connectivity index (χ3n) is 2.91. The Labute approximate surface area is 133 Å². The number of hydrogen-bond donors (Lipinski definition) is 2. The number of alkyl halides is 5. The van der Waals surface area contributed by atoms with Gasteiger partial charge in [-0.3, -0.25) is 9.48 Å². The Kier molecular flexibility index (Phi) is 6.27. The predicted molar refractivity (Wildman–Crippen MR) is 71.6 cm³/mol. The minimum Gasteiger partial charge on any atom is -0.480 e. The van der Waals surface area contributed by atoms with Gasteiger partial charge in [-0.1, -0.05) is 13.8 Å². The van der Waals surface area contributed by atoms with Crippen molar-refractivity contribution < 1.29 is 36.6 Å². The minimum atomic E-state index is -4.84. The van der Waals surface area contributed by atoms with Gasteiger partial charge in [0.05, 0.1) is 18.2 Å². The fourth-order valence-electron chi connectivity index (χ4n) is 1.96. The number of carbonyl (C=O) groups excluding carboxylic acids is 1. The van der Waals surface area contributed by atoms with Gasteiger partial charge in [0.15, 0.2) is 0 Å². The zero-order valence-corrected chi connectivity index (χ0v) is 12.8. The van der Waals surface area contributed by atoms with Gasteiger partial charge in [-0.2, -0.15) is 18.3 Å². The standard InChI is InChI=1S/C13H16F5N3O3/c1-6(2)5-21-9(10(14)15)7(4-19-21)11(22)20-8(12(23)24)3-13(16,17)18/h4,6,8,10H,3,5H2,1-2H3,(H,20,22)(H,23,24). The lowest BCUT2D eigenvalue weighted by Crippen LogP contribution is -2.43. The summed E-state index contributed by atoms with van der Waals surface area (Å²) in [6.45, 7) is 3.51. The van der Waals surface area contributed by atoms with Gasteiger partial charge in [-0.05, 0) is 5.92 Å². The van der Waals surface area contributed by atoms with E-state index in [0.29, 0.717) is 0 Å². The molecule has 0 radical (unpaired) electrons. The molecule has 1 aromatic rings. The van der Waals surface area contributed by atoms with Crippen molar-refractivity contribution >= 4 is 11.9 Å². The summed E-state index contributed by atoms with van der Waals surface area (Å²) < 4.78 is 64.2. The first-order valence-corrected chi connectivity index (χ1v) is 6.86. The van der Waals surface area contributed by atoms with Gasteiger partial charge < -0.3 is 10.4 Å². The van der Waals surface area contributed by atoms with Crippen LogP contribution in [0.1, 0.15) is 42.7 Å². The average molecular weight is 357 g/mol. The molecule has 136 valence electrons. The van der Waals surface area contributed by atoms with Crippen LogP contribution in [-0.2, 0) is 11.3 Å². The lowest BCUT2D eigenvalue weighted by Gasteiger charge is -2.16. The van der Waals surface area contributed by atoms with Gasteiger partial charge in [-0.25, -0.2) is 13.6 Å². The van der Waals surface area contributed by atoms with E-state index in [9.17, 15) is 31.5 Å². The molecule has 1 amide bonds. The van der Waals surface area contributed by atoms with Crippen LogP contribution >= 0.6 is 0 Å². The Balaban J connectivity index is 3.05. The second-order valence-electron chi connectivity index (χ2n) is 5.50. The van der Waals surface area contributed by atoms with E-state index >= 15 is 0 Å². The maximum Gasteiger partial charge on any atom is 0.391 e. The average Bonchev–Trinajstić information content (AvgIpc) is 2.79. The first-order valence-electron chi connectivity index (χ1n) is 6.86. The molecule has 1 atom stereocenters. The van der Waals surface area contributed by atoms with Gasteiger partial charge in [-0.15, -0.1) is 0 Å². The van der Waals surface area contributed by atoms with E-state index in [-0.39, 0.29) is 12.5 Å². The fourth-order valence-corrected chi connectivity index (χ4v) is 1.96. The lowest BCUT2D eigenvalue weighted by atomic mass is 10.1. The summed E-state index contributed by atoms with van der Waals surface area (Å²) in [5.74, 6) is -3.35. The Bertz CT molecular complexity index is 598. The molecule has 0 aliphatic rings. The molecule has 0 saturated heterocycles. The van der Waals surface area contributed by atoms with Crippen LogP contribution in [-0.4, -0.2) is 39.0 Å². The van der Waals surface area contributed by atoms with Crippen LogP contribution in [0.25, 0.3) is 0 Å². The number of aromatic nitrogens is 2. The smallest absolute Gasteiger partial charge is 0.391 e. The highest BCUT2D eigenvalue weighted by Gasteiger charge is 2.37. The predicted octanol–water partition coefficient (Wildman–Crippen LogP) is 2.61. The molecule has 1 heterocycles. The lowest BCUT2D eigenvalue weighted by molar-refractivity contribution is -0.157.